The zero-order valence-electron chi connectivity index (χ0n) is 19.8. The number of para-hydroxylation sites is 1. The average Bonchev–Trinajstić information content (AvgIpc) is 3.08. The highest BCUT2D eigenvalue weighted by atomic mass is 16.2. The van der Waals surface area contributed by atoms with E-state index in [9.17, 15) is 14.4 Å². The van der Waals surface area contributed by atoms with Gasteiger partial charge in [-0.3, -0.25) is 29.4 Å². The Labute approximate surface area is 193 Å². The van der Waals surface area contributed by atoms with Crippen LogP contribution in [0, 0.1) is 0 Å². The summed E-state index contributed by atoms with van der Waals surface area (Å²) in [5.41, 5.74) is 1.39. The van der Waals surface area contributed by atoms with Crippen LogP contribution >= 0.6 is 0 Å². The van der Waals surface area contributed by atoms with Gasteiger partial charge in [-0.2, -0.15) is 5.10 Å². The molecule has 33 heavy (non-hydrogen) atoms. The van der Waals surface area contributed by atoms with Gasteiger partial charge in [-0.05, 0) is 38.9 Å². The molecule has 4 rings (SSSR count). The monoisotopic (exact) mass is 455 g/mol. The summed E-state index contributed by atoms with van der Waals surface area (Å²) in [5.74, 6) is 0.112. The van der Waals surface area contributed by atoms with Crippen LogP contribution in [0.5, 0.6) is 0 Å². The Morgan fingerprint density at radius 2 is 1.94 bits per heavy atom. The van der Waals surface area contributed by atoms with Crippen LogP contribution in [0.2, 0.25) is 0 Å². The molecule has 178 valence electrons. The molecule has 0 spiro atoms. The topological polar surface area (TPSA) is 103 Å². The molecule has 2 N–H and O–H groups in total. The molecule has 0 saturated carbocycles. The van der Waals surface area contributed by atoms with Crippen molar-refractivity contribution in [2.75, 3.05) is 42.9 Å². The van der Waals surface area contributed by atoms with Crippen LogP contribution in [-0.4, -0.2) is 82.2 Å². The molecule has 0 radical (unpaired) electrons. The van der Waals surface area contributed by atoms with Crippen molar-refractivity contribution in [1.29, 1.82) is 0 Å². The number of nitrogens with one attached hydrogen (secondary N) is 2. The Kier molecular flexibility index (Phi) is 6.66. The van der Waals surface area contributed by atoms with E-state index in [2.05, 4.69) is 46.3 Å². The smallest absolute Gasteiger partial charge is 0.323 e. The first kappa shape index (κ1) is 23.2. The maximum atomic E-state index is 13.0. The van der Waals surface area contributed by atoms with E-state index in [4.69, 9.17) is 0 Å². The van der Waals surface area contributed by atoms with Crippen LogP contribution in [-0.2, 0) is 16.6 Å². The van der Waals surface area contributed by atoms with Crippen LogP contribution in [0.3, 0.4) is 0 Å². The third kappa shape index (κ3) is 4.72. The Bertz CT molecular complexity index is 1050. The largest absolute Gasteiger partial charge is 0.329 e. The van der Waals surface area contributed by atoms with Gasteiger partial charge < -0.3 is 10.2 Å². The zero-order chi connectivity index (χ0) is 23.7. The van der Waals surface area contributed by atoms with E-state index in [1.54, 1.807) is 11.7 Å². The second kappa shape index (κ2) is 9.48. The number of nitrogens with zero attached hydrogens (tertiary/aromatic N) is 5. The number of carbonyl (C=O) groups excluding carboxylic acids is 3. The third-order valence-corrected chi connectivity index (χ3v) is 6.47. The number of piperazine rings is 1. The van der Waals surface area contributed by atoms with Crippen molar-refractivity contribution in [3.8, 4) is 0 Å². The van der Waals surface area contributed by atoms with Gasteiger partial charge in [0, 0.05) is 50.6 Å². The van der Waals surface area contributed by atoms with Gasteiger partial charge in [0.1, 0.15) is 0 Å². The van der Waals surface area contributed by atoms with E-state index in [-0.39, 0.29) is 24.8 Å². The normalized spacial score (nSPS) is 22.6. The summed E-state index contributed by atoms with van der Waals surface area (Å²) in [6.45, 7) is 10.1. The number of amides is 4. The molecule has 2 aliphatic rings. The summed E-state index contributed by atoms with van der Waals surface area (Å²) < 4.78 is 1.67. The van der Waals surface area contributed by atoms with Gasteiger partial charge in [-0.15, -0.1) is 0 Å². The fourth-order valence-corrected chi connectivity index (χ4v) is 5.02. The standard InChI is InChI=1S/C23H33N7O3/c1-5-10-28-12-15(2)30(16(3)13-28)14-20(32)24-18-8-6-7-17-21(18)27(4)26-22(17)29-11-9-19(31)25-23(29)33/h6-8,15-16H,5,9-14H2,1-4H3,(H,24,32)(H,25,31,33)/t15-,16?/m0/s1. The summed E-state index contributed by atoms with van der Waals surface area (Å²) in [6, 6.07) is 5.66. The van der Waals surface area contributed by atoms with Crippen LogP contribution in [0.4, 0.5) is 16.3 Å². The molecule has 2 fully saturated rings. The van der Waals surface area contributed by atoms with E-state index in [0.717, 1.165) is 37.0 Å². The van der Waals surface area contributed by atoms with Gasteiger partial charge in [0.25, 0.3) is 0 Å². The molecule has 2 saturated heterocycles. The molecule has 10 heteroatoms. The zero-order valence-corrected chi connectivity index (χ0v) is 19.8. The SMILES string of the molecule is CCCN1CC(C)N(CC(=O)Nc2cccc3c(N4CCC(=O)NC4=O)nn(C)c23)[C@@H](C)C1. The lowest BCUT2D eigenvalue weighted by molar-refractivity contribution is -0.120. The maximum absolute atomic E-state index is 13.0. The van der Waals surface area contributed by atoms with Crippen molar-refractivity contribution in [3.05, 3.63) is 18.2 Å². The van der Waals surface area contributed by atoms with E-state index < -0.39 is 6.03 Å². The first-order chi connectivity index (χ1) is 15.8. The molecular weight excluding hydrogens is 422 g/mol. The van der Waals surface area contributed by atoms with Crippen LogP contribution in [0.1, 0.15) is 33.6 Å². The predicted molar refractivity (Wildman–Crippen MR) is 127 cm³/mol. The van der Waals surface area contributed by atoms with Crippen molar-refractivity contribution >= 4 is 40.3 Å². The number of rotatable bonds is 6. The summed E-state index contributed by atoms with van der Waals surface area (Å²) in [4.78, 5) is 43.1. The Balaban J connectivity index is 1.51. The van der Waals surface area contributed by atoms with Crippen molar-refractivity contribution in [1.82, 2.24) is 24.9 Å². The number of hydrogen-bond acceptors (Lipinski definition) is 6. The molecule has 0 aliphatic carbocycles. The van der Waals surface area contributed by atoms with Gasteiger partial charge in [0.15, 0.2) is 5.82 Å². The maximum Gasteiger partial charge on any atom is 0.329 e. The van der Waals surface area contributed by atoms with E-state index >= 15 is 0 Å². The number of fused-ring (bicyclic) bond motifs is 1. The van der Waals surface area contributed by atoms with Crippen molar-refractivity contribution in [2.45, 2.75) is 45.7 Å². The second-order valence-corrected chi connectivity index (χ2v) is 9.08. The third-order valence-electron chi connectivity index (χ3n) is 6.47. The van der Waals surface area contributed by atoms with Crippen LogP contribution in [0.15, 0.2) is 18.2 Å². The number of carbonyl (C=O) groups is 3. The number of hydrogen-bond donors (Lipinski definition) is 2. The minimum absolute atomic E-state index is 0.0748. The van der Waals surface area contributed by atoms with Gasteiger partial charge in [-0.1, -0.05) is 13.0 Å². The molecule has 2 aromatic rings. The Morgan fingerprint density at radius 1 is 1.21 bits per heavy atom. The Morgan fingerprint density at radius 3 is 2.61 bits per heavy atom. The molecule has 2 atom stereocenters. The number of aromatic nitrogens is 2. The second-order valence-electron chi connectivity index (χ2n) is 9.08. The minimum atomic E-state index is -0.481. The molecule has 1 unspecified atom stereocenters. The molecule has 4 amide bonds. The average molecular weight is 456 g/mol. The Hall–Kier alpha value is -2.98. The van der Waals surface area contributed by atoms with Crippen molar-refractivity contribution in [2.24, 2.45) is 7.05 Å². The fourth-order valence-electron chi connectivity index (χ4n) is 5.02. The summed E-state index contributed by atoms with van der Waals surface area (Å²) in [7, 11) is 1.78. The van der Waals surface area contributed by atoms with Crippen LogP contribution < -0.4 is 15.5 Å². The van der Waals surface area contributed by atoms with Gasteiger partial charge >= 0.3 is 6.03 Å². The number of imide groups is 1. The molecule has 10 nitrogen and oxygen atoms in total. The van der Waals surface area contributed by atoms with E-state index in [1.165, 1.54) is 4.90 Å². The number of anilines is 2. The van der Waals surface area contributed by atoms with E-state index in [1.807, 2.05) is 18.2 Å². The minimum Gasteiger partial charge on any atom is -0.323 e. The predicted octanol–water partition coefficient (Wildman–Crippen LogP) is 1.76. The summed E-state index contributed by atoms with van der Waals surface area (Å²) in [5, 5.41) is 10.7. The highest BCUT2D eigenvalue weighted by molar-refractivity contribution is 6.11. The van der Waals surface area contributed by atoms with Crippen molar-refractivity contribution in [3.63, 3.8) is 0 Å². The summed E-state index contributed by atoms with van der Waals surface area (Å²) >= 11 is 0. The number of benzene rings is 1. The highest BCUT2D eigenvalue weighted by Gasteiger charge is 2.31. The molecule has 0 bridgehead atoms. The number of aryl methyl sites for hydroxylation is 1. The summed E-state index contributed by atoms with van der Waals surface area (Å²) in [6.07, 6.45) is 1.36. The lowest BCUT2D eigenvalue weighted by atomic mass is 10.1. The first-order valence-corrected chi connectivity index (χ1v) is 11.6. The van der Waals surface area contributed by atoms with Crippen LogP contribution in [0.25, 0.3) is 10.9 Å². The van der Waals surface area contributed by atoms with Gasteiger partial charge in [0.05, 0.1) is 17.7 Å². The van der Waals surface area contributed by atoms with Crippen molar-refractivity contribution < 1.29 is 14.4 Å². The molecule has 1 aromatic heterocycles. The molecular formula is C23H33N7O3. The molecule has 2 aliphatic heterocycles. The van der Waals surface area contributed by atoms with E-state index in [0.29, 0.717) is 30.1 Å². The van der Waals surface area contributed by atoms with Gasteiger partial charge in [-0.25, -0.2) is 4.79 Å². The quantitative estimate of drug-likeness (QED) is 0.688. The fraction of sp³-hybridized carbons (Fsp3) is 0.565. The first-order valence-electron chi connectivity index (χ1n) is 11.6. The van der Waals surface area contributed by atoms with Gasteiger partial charge in [0.2, 0.25) is 11.8 Å². The molecule has 3 heterocycles. The number of urea groups is 1. The molecule has 1 aromatic carbocycles. The lowest BCUT2D eigenvalue weighted by Crippen LogP contribution is -2.58. The lowest BCUT2D eigenvalue weighted by Gasteiger charge is -2.44. The highest BCUT2D eigenvalue weighted by Crippen LogP contribution is 2.31.